The van der Waals surface area contributed by atoms with Gasteiger partial charge in [0.2, 0.25) is 0 Å². The van der Waals surface area contributed by atoms with Crippen molar-refractivity contribution in [3.8, 4) is 0 Å². The number of methoxy groups -OCH3 is 1. The summed E-state index contributed by atoms with van der Waals surface area (Å²) in [5.41, 5.74) is 5.36. The monoisotopic (exact) mass is 159 g/mol. The van der Waals surface area contributed by atoms with E-state index < -0.39 is 0 Å². The second-order valence-electron chi connectivity index (χ2n) is 2.65. The Morgan fingerprint density at radius 1 is 1.82 bits per heavy atom. The number of carbonyl (C=O) groups is 1. The average Bonchev–Trinajstić information content (AvgIpc) is 2.50. The van der Waals surface area contributed by atoms with Crippen LogP contribution in [0.5, 0.6) is 0 Å². The van der Waals surface area contributed by atoms with Crippen LogP contribution in [0.1, 0.15) is 6.42 Å². The Kier molecular flexibility index (Phi) is 2.84. The molecule has 1 aliphatic rings. The van der Waals surface area contributed by atoms with Gasteiger partial charge in [-0.25, -0.2) is 0 Å². The Balaban J connectivity index is 2.35. The molecule has 11 heavy (non-hydrogen) atoms. The quantitative estimate of drug-likeness (QED) is 0.553. The summed E-state index contributed by atoms with van der Waals surface area (Å²) >= 11 is 0. The van der Waals surface area contributed by atoms with Crippen LogP contribution >= 0.6 is 0 Å². The van der Waals surface area contributed by atoms with Gasteiger partial charge < -0.3 is 15.2 Å². The Bertz CT molecular complexity index is 149. The minimum atomic E-state index is -0.194. The molecule has 4 nitrogen and oxygen atoms in total. The largest absolute Gasteiger partial charge is 0.469 e. The third kappa shape index (κ3) is 1.91. The van der Waals surface area contributed by atoms with Gasteiger partial charge in [0.1, 0.15) is 0 Å². The Labute approximate surface area is 65.7 Å². The molecule has 2 atom stereocenters. The zero-order valence-electron chi connectivity index (χ0n) is 6.58. The molecule has 64 valence electrons. The summed E-state index contributed by atoms with van der Waals surface area (Å²) in [7, 11) is 1.39. The van der Waals surface area contributed by atoms with Crippen LogP contribution in [0.3, 0.4) is 0 Å². The molecule has 0 spiro atoms. The van der Waals surface area contributed by atoms with Crippen LogP contribution in [0, 0.1) is 5.92 Å². The highest BCUT2D eigenvalue weighted by atomic mass is 16.5. The highest BCUT2D eigenvalue weighted by Gasteiger charge is 2.30. The Hall–Kier alpha value is -0.610. The molecule has 0 saturated carbocycles. The van der Waals surface area contributed by atoms with Gasteiger partial charge in [-0.2, -0.15) is 0 Å². The lowest BCUT2D eigenvalue weighted by molar-refractivity contribution is -0.145. The first-order chi connectivity index (χ1) is 5.27. The van der Waals surface area contributed by atoms with Crippen molar-refractivity contribution >= 4 is 5.97 Å². The predicted molar refractivity (Wildman–Crippen MR) is 38.9 cm³/mol. The zero-order chi connectivity index (χ0) is 8.27. The molecule has 0 amide bonds. The minimum absolute atomic E-state index is 0.0408. The number of nitrogens with two attached hydrogens (primary N) is 1. The number of hydrogen-bond acceptors (Lipinski definition) is 4. The van der Waals surface area contributed by atoms with E-state index >= 15 is 0 Å². The fourth-order valence-corrected chi connectivity index (χ4v) is 1.20. The highest BCUT2D eigenvalue weighted by molar-refractivity contribution is 5.72. The molecule has 0 bridgehead atoms. The van der Waals surface area contributed by atoms with E-state index in [9.17, 15) is 4.79 Å². The van der Waals surface area contributed by atoms with E-state index in [0.29, 0.717) is 19.6 Å². The molecule has 0 aromatic carbocycles. The average molecular weight is 159 g/mol. The van der Waals surface area contributed by atoms with E-state index in [2.05, 4.69) is 4.74 Å². The van der Waals surface area contributed by atoms with Crippen molar-refractivity contribution in [2.45, 2.75) is 12.5 Å². The van der Waals surface area contributed by atoms with Gasteiger partial charge in [0.25, 0.3) is 0 Å². The predicted octanol–water partition coefficient (Wildman–Crippen LogP) is -0.477. The van der Waals surface area contributed by atoms with Crippen LogP contribution in [-0.2, 0) is 14.3 Å². The highest BCUT2D eigenvalue weighted by Crippen LogP contribution is 2.19. The molecular formula is C7H13NO3. The smallest absolute Gasteiger partial charge is 0.311 e. The van der Waals surface area contributed by atoms with Crippen LogP contribution in [-0.4, -0.2) is 32.3 Å². The molecule has 1 aliphatic heterocycles. The first-order valence-electron chi connectivity index (χ1n) is 3.67. The maximum Gasteiger partial charge on any atom is 0.311 e. The fraction of sp³-hybridized carbons (Fsp3) is 0.857. The van der Waals surface area contributed by atoms with Crippen LogP contribution in [0.2, 0.25) is 0 Å². The van der Waals surface area contributed by atoms with Crippen molar-refractivity contribution in [2.24, 2.45) is 11.7 Å². The summed E-state index contributed by atoms with van der Waals surface area (Å²) < 4.78 is 9.78. The summed E-state index contributed by atoms with van der Waals surface area (Å²) in [5, 5.41) is 0. The van der Waals surface area contributed by atoms with E-state index in [1.807, 2.05) is 0 Å². The number of hydrogen-bond donors (Lipinski definition) is 1. The standard InChI is InChI=1S/C7H13NO3/c1-10-7(9)5-2-6(3-8)11-4-5/h5-6H,2-4,8H2,1H3/t5-,6-/m0/s1. The third-order valence-corrected chi connectivity index (χ3v) is 1.88. The molecule has 4 heteroatoms. The summed E-state index contributed by atoms with van der Waals surface area (Å²) in [4.78, 5) is 10.9. The van der Waals surface area contributed by atoms with Crippen molar-refractivity contribution in [3.05, 3.63) is 0 Å². The van der Waals surface area contributed by atoms with Crippen molar-refractivity contribution in [1.82, 2.24) is 0 Å². The van der Waals surface area contributed by atoms with Crippen LogP contribution in [0.4, 0.5) is 0 Å². The molecule has 0 unspecified atom stereocenters. The SMILES string of the molecule is COC(=O)[C@@H]1CO[C@H](CN)C1. The molecule has 0 aromatic heterocycles. The molecule has 1 saturated heterocycles. The van der Waals surface area contributed by atoms with Crippen LogP contribution in [0.15, 0.2) is 0 Å². The molecule has 0 aromatic rings. The van der Waals surface area contributed by atoms with Gasteiger partial charge in [-0.05, 0) is 6.42 Å². The van der Waals surface area contributed by atoms with E-state index in [-0.39, 0.29) is 18.0 Å². The molecule has 1 heterocycles. The summed E-state index contributed by atoms with van der Waals surface area (Å²) in [5.74, 6) is -0.297. The van der Waals surface area contributed by atoms with Gasteiger partial charge >= 0.3 is 5.97 Å². The zero-order valence-corrected chi connectivity index (χ0v) is 6.58. The van der Waals surface area contributed by atoms with Crippen LogP contribution in [0.25, 0.3) is 0 Å². The Morgan fingerprint density at radius 2 is 2.55 bits per heavy atom. The first kappa shape index (κ1) is 8.49. The van der Waals surface area contributed by atoms with E-state index in [1.165, 1.54) is 7.11 Å². The maximum absolute atomic E-state index is 10.9. The molecule has 2 N–H and O–H groups in total. The number of rotatable bonds is 2. The molecular weight excluding hydrogens is 146 g/mol. The summed E-state index contributed by atoms with van der Waals surface area (Å²) in [6, 6.07) is 0. The molecule has 1 fully saturated rings. The van der Waals surface area contributed by atoms with Gasteiger partial charge in [-0.3, -0.25) is 4.79 Å². The second kappa shape index (κ2) is 3.69. The molecule has 0 radical (unpaired) electrons. The van der Waals surface area contributed by atoms with E-state index in [1.54, 1.807) is 0 Å². The van der Waals surface area contributed by atoms with Crippen molar-refractivity contribution in [3.63, 3.8) is 0 Å². The van der Waals surface area contributed by atoms with Gasteiger partial charge in [-0.1, -0.05) is 0 Å². The lowest BCUT2D eigenvalue weighted by Gasteiger charge is -2.04. The number of esters is 1. The van der Waals surface area contributed by atoms with E-state index in [0.717, 1.165) is 0 Å². The van der Waals surface area contributed by atoms with Crippen molar-refractivity contribution in [2.75, 3.05) is 20.3 Å². The summed E-state index contributed by atoms with van der Waals surface area (Å²) in [6.45, 7) is 0.933. The second-order valence-corrected chi connectivity index (χ2v) is 2.65. The Morgan fingerprint density at radius 3 is 3.00 bits per heavy atom. The van der Waals surface area contributed by atoms with Gasteiger partial charge in [0.15, 0.2) is 0 Å². The summed E-state index contributed by atoms with van der Waals surface area (Å²) in [6.07, 6.45) is 0.738. The normalized spacial score (nSPS) is 30.4. The van der Waals surface area contributed by atoms with Gasteiger partial charge in [-0.15, -0.1) is 0 Å². The van der Waals surface area contributed by atoms with Gasteiger partial charge in [0.05, 0.1) is 25.7 Å². The third-order valence-electron chi connectivity index (χ3n) is 1.88. The van der Waals surface area contributed by atoms with Gasteiger partial charge in [0, 0.05) is 6.54 Å². The van der Waals surface area contributed by atoms with Crippen LogP contribution < -0.4 is 5.73 Å². The first-order valence-corrected chi connectivity index (χ1v) is 3.67. The van der Waals surface area contributed by atoms with Crippen molar-refractivity contribution < 1.29 is 14.3 Å². The maximum atomic E-state index is 10.9. The lowest BCUT2D eigenvalue weighted by Crippen LogP contribution is -2.20. The van der Waals surface area contributed by atoms with E-state index in [4.69, 9.17) is 10.5 Å². The fourth-order valence-electron chi connectivity index (χ4n) is 1.20. The molecule has 0 aliphatic carbocycles. The number of carbonyl (C=O) groups excluding carboxylic acids is 1. The topological polar surface area (TPSA) is 61.5 Å². The number of ether oxygens (including phenoxy) is 2. The van der Waals surface area contributed by atoms with Crippen molar-refractivity contribution in [1.29, 1.82) is 0 Å². The molecule has 1 rings (SSSR count). The minimum Gasteiger partial charge on any atom is -0.469 e. The lowest BCUT2D eigenvalue weighted by atomic mass is 10.1.